The summed E-state index contributed by atoms with van der Waals surface area (Å²) in [5, 5.41) is 13.1. The molecule has 7 nitrogen and oxygen atoms in total. The lowest BCUT2D eigenvalue weighted by Gasteiger charge is -2.31. The number of imidazole rings is 1. The highest BCUT2D eigenvalue weighted by atomic mass is 19.4. The van der Waals surface area contributed by atoms with Gasteiger partial charge in [-0.25, -0.2) is 4.98 Å². The molecule has 2 aliphatic rings. The summed E-state index contributed by atoms with van der Waals surface area (Å²) in [7, 11) is 1.64. The topological polar surface area (TPSA) is 87.5 Å². The van der Waals surface area contributed by atoms with Crippen LogP contribution in [-0.4, -0.2) is 37.4 Å². The van der Waals surface area contributed by atoms with Crippen molar-refractivity contribution in [3.63, 3.8) is 0 Å². The summed E-state index contributed by atoms with van der Waals surface area (Å²) in [6.07, 6.45) is -3.58. The van der Waals surface area contributed by atoms with Crippen LogP contribution in [0.2, 0.25) is 0 Å². The number of alkyl halides is 3. The lowest BCUT2D eigenvalue weighted by atomic mass is 9.97. The fourth-order valence-corrected chi connectivity index (χ4v) is 4.78. The van der Waals surface area contributed by atoms with E-state index < -0.39 is 29.9 Å². The normalized spacial score (nSPS) is 21.0. The van der Waals surface area contributed by atoms with E-state index in [0.29, 0.717) is 28.9 Å². The third-order valence-electron chi connectivity index (χ3n) is 6.40. The smallest absolute Gasteiger partial charge is 0.374 e. The largest absolute Gasteiger partial charge is 0.417 e. The number of carbonyl (C=O) groups is 2. The molecular formula is C24H21F3N4O3. The van der Waals surface area contributed by atoms with Crippen LogP contribution in [0.25, 0.3) is 22.5 Å². The molecule has 1 aromatic heterocycles. The van der Waals surface area contributed by atoms with Crippen LogP contribution in [0, 0.1) is 0 Å². The highest BCUT2D eigenvalue weighted by Crippen LogP contribution is 2.42. The zero-order valence-corrected chi connectivity index (χ0v) is 18.1. The molecule has 176 valence electrons. The first kappa shape index (κ1) is 22.3. The Morgan fingerprint density at radius 1 is 1.15 bits per heavy atom. The maximum Gasteiger partial charge on any atom is 0.417 e. The molecule has 2 N–H and O–H groups in total. The van der Waals surface area contributed by atoms with Crippen molar-refractivity contribution >= 4 is 11.8 Å². The van der Waals surface area contributed by atoms with Crippen molar-refractivity contribution in [1.82, 2.24) is 19.8 Å². The van der Waals surface area contributed by atoms with Crippen molar-refractivity contribution in [3.8, 4) is 22.5 Å². The van der Waals surface area contributed by atoms with Crippen LogP contribution in [0.4, 0.5) is 13.2 Å². The minimum absolute atomic E-state index is 0.0238. The maximum absolute atomic E-state index is 13.7. The summed E-state index contributed by atoms with van der Waals surface area (Å²) in [6.45, 7) is 0.262. The number of nitrogens with zero attached hydrogens (tertiary/aromatic N) is 3. The Hall–Kier alpha value is -3.50. The van der Waals surface area contributed by atoms with Gasteiger partial charge in [-0.3, -0.25) is 19.8 Å². The Kier molecular flexibility index (Phi) is 5.29. The first-order valence-corrected chi connectivity index (χ1v) is 10.7. The van der Waals surface area contributed by atoms with Crippen molar-refractivity contribution in [2.75, 3.05) is 0 Å². The van der Waals surface area contributed by atoms with E-state index >= 15 is 0 Å². The fourth-order valence-electron chi connectivity index (χ4n) is 4.78. The zero-order chi connectivity index (χ0) is 24.2. The molecule has 34 heavy (non-hydrogen) atoms. The van der Waals surface area contributed by atoms with Gasteiger partial charge in [-0.2, -0.15) is 13.2 Å². The van der Waals surface area contributed by atoms with Crippen molar-refractivity contribution in [2.24, 2.45) is 7.05 Å². The van der Waals surface area contributed by atoms with Crippen LogP contribution in [0.3, 0.4) is 0 Å². The Labute approximate surface area is 192 Å². The number of hydrogen-bond acceptors (Lipinski definition) is 5. The van der Waals surface area contributed by atoms with Gasteiger partial charge in [0.25, 0.3) is 0 Å². The van der Waals surface area contributed by atoms with Crippen molar-refractivity contribution in [3.05, 3.63) is 65.5 Å². The minimum Gasteiger partial charge on any atom is -0.374 e. The predicted molar refractivity (Wildman–Crippen MR) is 116 cm³/mol. The molecule has 0 radical (unpaired) electrons. The number of halogens is 3. The van der Waals surface area contributed by atoms with Gasteiger partial charge in [0.15, 0.2) is 0 Å². The van der Waals surface area contributed by atoms with Gasteiger partial charge in [0.1, 0.15) is 6.23 Å². The number of aromatic nitrogens is 2. The number of fused-ring (bicyclic) bond motifs is 1. The Bertz CT molecular complexity index is 1300. The third-order valence-corrected chi connectivity index (χ3v) is 6.40. The average molecular weight is 470 g/mol. The van der Waals surface area contributed by atoms with Crippen LogP contribution in [0.5, 0.6) is 0 Å². The van der Waals surface area contributed by atoms with Gasteiger partial charge in [0.2, 0.25) is 11.8 Å². The summed E-state index contributed by atoms with van der Waals surface area (Å²) in [5.74, 6) is -0.782. The highest BCUT2D eigenvalue weighted by Gasteiger charge is 2.40. The van der Waals surface area contributed by atoms with E-state index in [2.05, 4.69) is 10.3 Å². The number of amides is 2. The molecule has 0 spiro atoms. The van der Waals surface area contributed by atoms with Crippen LogP contribution in [0.15, 0.2) is 48.8 Å². The van der Waals surface area contributed by atoms with Gasteiger partial charge in [-0.05, 0) is 29.7 Å². The number of piperidine rings is 1. The summed E-state index contributed by atoms with van der Waals surface area (Å²) >= 11 is 0. The van der Waals surface area contributed by atoms with Crippen LogP contribution in [0.1, 0.15) is 35.8 Å². The number of imide groups is 1. The molecule has 2 unspecified atom stereocenters. The molecule has 2 atom stereocenters. The van der Waals surface area contributed by atoms with Crippen molar-refractivity contribution < 1.29 is 27.9 Å². The number of aryl methyl sites for hydroxylation is 1. The summed E-state index contributed by atoms with van der Waals surface area (Å²) < 4.78 is 42.6. The number of hydrogen-bond donors (Lipinski definition) is 2. The van der Waals surface area contributed by atoms with E-state index in [0.717, 1.165) is 11.6 Å². The molecule has 3 aromatic rings. The molecule has 0 bridgehead atoms. The van der Waals surface area contributed by atoms with Crippen molar-refractivity contribution in [1.29, 1.82) is 0 Å². The van der Waals surface area contributed by atoms with Gasteiger partial charge in [0.05, 0.1) is 29.3 Å². The molecule has 5 rings (SSSR count). The van der Waals surface area contributed by atoms with E-state index in [9.17, 15) is 27.9 Å². The molecular weight excluding hydrogens is 449 g/mol. The summed E-state index contributed by atoms with van der Waals surface area (Å²) in [4.78, 5) is 29.8. The standard InChI is InChI=1S/C24H21F3N4O3/c1-30-12-28-20(21(30)16-4-2-3-5-17(16)24(25,26)27)13-6-7-15-14(10-13)11-31(23(15)34)18-8-9-19(32)29-22(18)33/h2-7,10,12,18,23,34H,8-9,11H2,1H3,(H,29,32,33). The maximum atomic E-state index is 13.7. The van der Waals surface area contributed by atoms with E-state index in [4.69, 9.17) is 0 Å². The van der Waals surface area contributed by atoms with E-state index in [-0.39, 0.29) is 24.4 Å². The first-order chi connectivity index (χ1) is 16.1. The number of carbonyl (C=O) groups excluding carboxylic acids is 2. The first-order valence-electron chi connectivity index (χ1n) is 10.7. The summed E-state index contributed by atoms with van der Waals surface area (Å²) in [5.41, 5.74) is 1.95. The molecule has 0 saturated carbocycles. The number of benzene rings is 2. The number of rotatable bonds is 3. The quantitative estimate of drug-likeness (QED) is 0.573. The van der Waals surface area contributed by atoms with Gasteiger partial charge >= 0.3 is 6.18 Å². The number of nitrogens with one attached hydrogen (secondary N) is 1. The zero-order valence-electron chi connectivity index (χ0n) is 18.1. The Morgan fingerprint density at radius 2 is 1.91 bits per heavy atom. The lowest BCUT2D eigenvalue weighted by molar-refractivity contribution is -0.142. The van der Waals surface area contributed by atoms with Gasteiger partial charge in [-0.1, -0.05) is 30.3 Å². The number of aliphatic hydroxyl groups is 1. The minimum atomic E-state index is -4.53. The van der Waals surface area contributed by atoms with E-state index in [1.54, 1.807) is 40.8 Å². The third kappa shape index (κ3) is 3.68. The second kappa shape index (κ2) is 8.07. The van der Waals surface area contributed by atoms with Gasteiger partial charge in [0, 0.05) is 31.1 Å². The highest BCUT2D eigenvalue weighted by molar-refractivity contribution is 6.00. The second-order valence-electron chi connectivity index (χ2n) is 8.52. The average Bonchev–Trinajstić information content (AvgIpc) is 3.33. The predicted octanol–water partition coefficient (Wildman–Crippen LogP) is 3.38. The van der Waals surface area contributed by atoms with Gasteiger partial charge < -0.3 is 9.67 Å². The number of aliphatic hydroxyl groups excluding tert-OH is 1. The monoisotopic (exact) mass is 470 g/mol. The lowest BCUT2D eigenvalue weighted by Crippen LogP contribution is -2.51. The van der Waals surface area contributed by atoms with Crippen LogP contribution >= 0.6 is 0 Å². The van der Waals surface area contributed by atoms with Crippen LogP contribution < -0.4 is 5.32 Å². The SMILES string of the molecule is Cn1cnc(-c2ccc3c(c2)CN(C2CCC(=O)NC2=O)C3O)c1-c1ccccc1C(F)(F)F. The fraction of sp³-hybridized carbons (Fsp3) is 0.292. The molecule has 2 amide bonds. The molecule has 1 saturated heterocycles. The van der Waals surface area contributed by atoms with E-state index in [1.165, 1.54) is 18.5 Å². The Morgan fingerprint density at radius 3 is 2.65 bits per heavy atom. The molecule has 1 fully saturated rings. The second-order valence-corrected chi connectivity index (χ2v) is 8.52. The van der Waals surface area contributed by atoms with Crippen LogP contribution in [-0.2, 0) is 29.4 Å². The summed E-state index contributed by atoms with van der Waals surface area (Å²) in [6, 6.07) is 9.92. The molecule has 2 aliphatic heterocycles. The molecule has 0 aliphatic carbocycles. The molecule has 3 heterocycles. The van der Waals surface area contributed by atoms with Gasteiger partial charge in [-0.15, -0.1) is 0 Å². The Balaban J connectivity index is 1.52. The van der Waals surface area contributed by atoms with E-state index in [1.807, 2.05) is 0 Å². The molecule has 2 aromatic carbocycles. The van der Waals surface area contributed by atoms with Crippen molar-refractivity contribution in [2.45, 2.75) is 37.8 Å². The molecule has 10 heteroatoms.